The molecule has 0 aliphatic carbocycles. The molecule has 2 rings (SSSR count). The number of carbonyl (C=O) groups excluding carboxylic acids is 1. The summed E-state index contributed by atoms with van der Waals surface area (Å²) < 4.78 is 1.37. The van der Waals surface area contributed by atoms with E-state index >= 15 is 0 Å². The number of anilines is 1. The summed E-state index contributed by atoms with van der Waals surface area (Å²) in [6.45, 7) is 4.12. The molecule has 21 heavy (non-hydrogen) atoms. The van der Waals surface area contributed by atoms with Crippen LogP contribution in [0.3, 0.4) is 0 Å². The largest absolute Gasteiger partial charge is 0.476 e. The van der Waals surface area contributed by atoms with E-state index in [4.69, 9.17) is 5.11 Å². The minimum absolute atomic E-state index is 0.0718. The second-order valence-electron chi connectivity index (χ2n) is 4.58. The lowest BCUT2D eigenvalue weighted by Gasteiger charge is -2.24. The van der Waals surface area contributed by atoms with E-state index in [0.717, 1.165) is 5.69 Å². The fourth-order valence-corrected chi connectivity index (χ4v) is 2.08. The van der Waals surface area contributed by atoms with Gasteiger partial charge in [0.25, 0.3) is 5.91 Å². The quantitative estimate of drug-likeness (QED) is 0.914. The first-order valence-corrected chi connectivity index (χ1v) is 6.69. The van der Waals surface area contributed by atoms with Crippen LogP contribution >= 0.6 is 0 Å². The highest BCUT2D eigenvalue weighted by Crippen LogP contribution is 2.18. The fourth-order valence-electron chi connectivity index (χ4n) is 2.08. The summed E-state index contributed by atoms with van der Waals surface area (Å²) in [6.07, 6.45) is 1.50. The van der Waals surface area contributed by atoms with Crippen molar-refractivity contribution in [3.63, 3.8) is 0 Å². The molecule has 0 radical (unpaired) electrons. The summed E-state index contributed by atoms with van der Waals surface area (Å²) in [7, 11) is 0. The third-order valence-electron chi connectivity index (χ3n) is 3.23. The van der Waals surface area contributed by atoms with Crippen molar-refractivity contribution in [3.8, 4) is 0 Å². The van der Waals surface area contributed by atoms with E-state index in [1.54, 1.807) is 11.8 Å². The van der Waals surface area contributed by atoms with Crippen LogP contribution in [0.4, 0.5) is 5.69 Å². The number of carbonyl (C=O) groups is 2. The molecule has 1 N–H and O–H groups in total. The number of hydrogen-bond acceptors (Lipinski definition) is 3. The number of carboxylic acids is 1. The molecule has 1 aromatic carbocycles. The second kappa shape index (κ2) is 6.21. The number of benzene rings is 1. The maximum atomic E-state index is 12.6. The molecule has 1 amide bonds. The van der Waals surface area contributed by atoms with E-state index in [1.165, 1.54) is 16.9 Å². The number of nitrogens with zero attached hydrogens (tertiary/aromatic N) is 3. The Morgan fingerprint density at radius 2 is 1.95 bits per heavy atom. The molecule has 1 atom stereocenters. The first-order valence-electron chi connectivity index (χ1n) is 6.69. The Morgan fingerprint density at radius 1 is 1.29 bits per heavy atom. The zero-order chi connectivity index (χ0) is 15.4. The monoisotopic (exact) mass is 287 g/mol. The number of aromatic nitrogens is 2. The summed E-state index contributed by atoms with van der Waals surface area (Å²) in [5.74, 6) is -1.24. The summed E-state index contributed by atoms with van der Waals surface area (Å²) in [5, 5.41) is 12.8. The number of hydrogen-bond donors (Lipinski definition) is 1. The van der Waals surface area contributed by atoms with Crippen molar-refractivity contribution >= 4 is 17.6 Å². The van der Waals surface area contributed by atoms with Crippen molar-refractivity contribution in [2.75, 3.05) is 11.4 Å². The smallest absolute Gasteiger partial charge is 0.356 e. The van der Waals surface area contributed by atoms with Crippen molar-refractivity contribution in [2.24, 2.45) is 0 Å². The SMILES string of the molecule is CCN(C(=O)C(C)n1ccc(C(=O)O)n1)c1ccccc1. The van der Waals surface area contributed by atoms with Crippen LogP contribution in [0.1, 0.15) is 30.4 Å². The Bertz CT molecular complexity index is 637. The number of para-hydroxylation sites is 1. The average Bonchev–Trinajstić information content (AvgIpc) is 2.98. The highest BCUT2D eigenvalue weighted by molar-refractivity contribution is 5.95. The summed E-state index contributed by atoms with van der Waals surface area (Å²) >= 11 is 0. The lowest BCUT2D eigenvalue weighted by atomic mass is 10.2. The van der Waals surface area contributed by atoms with Crippen molar-refractivity contribution in [3.05, 3.63) is 48.3 Å². The van der Waals surface area contributed by atoms with Crippen LogP contribution in [0.5, 0.6) is 0 Å². The van der Waals surface area contributed by atoms with Crippen LogP contribution in [0.2, 0.25) is 0 Å². The van der Waals surface area contributed by atoms with Crippen molar-refractivity contribution in [1.82, 2.24) is 9.78 Å². The van der Waals surface area contributed by atoms with Gasteiger partial charge in [0.2, 0.25) is 0 Å². The van der Waals surface area contributed by atoms with Gasteiger partial charge in [0.05, 0.1) is 0 Å². The predicted molar refractivity (Wildman–Crippen MR) is 78.4 cm³/mol. The predicted octanol–water partition coefficient (Wildman–Crippen LogP) is 2.20. The Kier molecular flexibility index (Phi) is 4.37. The van der Waals surface area contributed by atoms with Gasteiger partial charge in [0.15, 0.2) is 5.69 Å². The second-order valence-corrected chi connectivity index (χ2v) is 4.58. The number of carboxylic acid groups (broad SMARTS) is 1. The molecule has 6 heteroatoms. The first kappa shape index (κ1) is 14.8. The van der Waals surface area contributed by atoms with E-state index in [-0.39, 0.29) is 11.6 Å². The van der Waals surface area contributed by atoms with Gasteiger partial charge in [-0.15, -0.1) is 0 Å². The van der Waals surface area contributed by atoms with Crippen LogP contribution in [0.25, 0.3) is 0 Å². The summed E-state index contributed by atoms with van der Waals surface area (Å²) in [5.41, 5.74) is 0.736. The minimum Gasteiger partial charge on any atom is -0.476 e. The molecule has 2 aromatic rings. The maximum Gasteiger partial charge on any atom is 0.356 e. The molecule has 1 heterocycles. The molecule has 0 saturated carbocycles. The van der Waals surface area contributed by atoms with Gasteiger partial charge in [0, 0.05) is 18.4 Å². The third kappa shape index (κ3) is 3.10. The van der Waals surface area contributed by atoms with Gasteiger partial charge in [-0.1, -0.05) is 18.2 Å². The van der Waals surface area contributed by atoms with Crippen LogP contribution < -0.4 is 4.90 Å². The minimum atomic E-state index is -1.11. The van der Waals surface area contributed by atoms with Gasteiger partial charge in [-0.25, -0.2) is 4.79 Å². The topological polar surface area (TPSA) is 75.4 Å². The van der Waals surface area contributed by atoms with E-state index in [9.17, 15) is 9.59 Å². The normalized spacial score (nSPS) is 11.9. The van der Waals surface area contributed by atoms with Crippen LogP contribution in [-0.4, -0.2) is 33.3 Å². The Morgan fingerprint density at radius 3 is 2.48 bits per heavy atom. The number of rotatable bonds is 5. The Hall–Kier alpha value is -2.63. The number of amides is 1. The molecule has 0 aliphatic rings. The van der Waals surface area contributed by atoms with Crippen molar-refractivity contribution in [2.45, 2.75) is 19.9 Å². The average molecular weight is 287 g/mol. The number of likely N-dealkylation sites (N-methyl/N-ethyl adjacent to an activating group) is 1. The van der Waals surface area contributed by atoms with E-state index in [2.05, 4.69) is 5.10 Å². The number of aromatic carboxylic acids is 1. The molecule has 0 fully saturated rings. The fraction of sp³-hybridized carbons (Fsp3) is 0.267. The molecule has 6 nitrogen and oxygen atoms in total. The molecular formula is C15H17N3O3. The Labute approximate surface area is 122 Å². The zero-order valence-electron chi connectivity index (χ0n) is 11.9. The van der Waals surface area contributed by atoms with Gasteiger partial charge in [-0.3, -0.25) is 9.48 Å². The molecule has 0 spiro atoms. The third-order valence-corrected chi connectivity index (χ3v) is 3.23. The molecule has 1 unspecified atom stereocenters. The highest BCUT2D eigenvalue weighted by atomic mass is 16.4. The van der Waals surface area contributed by atoms with Gasteiger partial charge >= 0.3 is 5.97 Å². The van der Waals surface area contributed by atoms with Gasteiger partial charge in [-0.2, -0.15) is 5.10 Å². The molecule has 110 valence electrons. The molecule has 0 bridgehead atoms. The van der Waals surface area contributed by atoms with Gasteiger partial charge < -0.3 is 10.0 Å². The summed E-state index contributed by atoms with van der Waals surface area (Å²) in [4.78, 5) is 25.1. The molecule has 0 aliphatic heterocycles. The molecule has 1 aromatic heterocycles. The first-order chi connectivity index (χ1) is 10.0. The highest BCUT2D eigenvalue weighted by Gasteiger charge is 2.23. The standard InChI is InChI=1S/C15H17N3O3/c1-3-17(12-7-5-4-6-8-12)14(19)11(2)18-10-9-13(16-18)15(20)21/h4-11H,3H2,1-2H3,(H,20,21). The van der Waals surface area contributed by atoms with Crippen molar-refractivity contribution < 1.29 is 14.7 Å². The van der Waals surface area contributed by atoms with Crippen molar-refractivity contribution in [1.29, 1.82) is 0 Å². The molecule has 0 saturated heterocycles. The van der Waals surface area contributed by atoms with Crippen LogP contribution in [0, 0.1) is 0 Å². The Balaban J connectivity index is 2.22. The van der Waals surface area contributed by atoms with Gasteiger partial charge in [0.1, 0.15) is 6.04 Å². The van der Waals surface area contributed by atoms with E-state index in [1.807, 2.05) is 37.3 Å². The maximum absolute atomic E-state index is 12.6. The molecular weight excluding hydrogens is 270 g/mol. The lowest BCUT2D eigenvalue weighted by molar-refractivity contribution is -0.121. The van der Waals surface area contributed by atoms with Crippen LogP contribution in [0.15, 0.2) is 42.6 Å². The zero-order valence-corrected chi connectivity index (χ0v) is 11.9. The van der Waals surface area contributed by atoms with E-state index < -0.39 is 12.0 Å². The lowest BCUT2D eigenvalue weighted by Crippen LogP contribution is -2.36. The summed E-state index contributed by atoms with van der Waals surface area (Å²) in [6, 6.07) is 10.2. The van der Waals surface area contributed by atoms with E-state index in [0.29, 0.717) is 6.54 Å². The van der Waals surface area contributed by atoms with Gasteiger partial charge in [-0.05, 0) is 32.0 Å². The van der Waals surface area contributed by atoms with Crippen LogP contribution in [-0.2, 0) is 4.79 Å².